The van der Waals surface area contributed by atoms with Crippen LogP contribution in [0.3, 0.4) is 0 Å². The highest BCUT2D eigenvalue weighted by molar-refractivity contribution is 5.95. The molecule has 1 fully saturated rings. The van der Waals surface area contributed by atoms with Crippen LogP contribution in [0.1, 0.15) is 26.7 Å². The number of carboxylic acid groups (broad SMARTS) is 2. The molecule has 2 N–H and O–H groups in total. The molecule has 0 aromatic rings. The molecule has 0 radical (unpaired) electrons. The first-order valence-corrected chi connectivity index (χ1v) is 4.75. The molecule has 0 amide bonds. The van der Waals surface area contributed by atoms with Gasteiger partial charge in [0, 0.05) is 11.3 Å². The lowest BCUT2D eigenvalue weighted by molar-refractivity contribution is -0.147. The van der Waals surface area contributed by atoms with Gasteiger partial charge in [-0.25, -0.2) is 0 Å². The molecule has 0 bridgehead atoms. The predicted molar refractivity (Wildman–Crippen MR) is 50.3 cm³/mol. The van der Waals surface area contributed by atoms with Gasteiger partial charge in [0.25, 0.3) is 0 Å². The van der Waals surface area contributed by atoms with E-state index in [0.717, 1.165) is 0 Å². The molecule has 0 aromatic heterocycles. The molecule has 84 valence electrons. The standard InChI is InChI=1S/C10H14O5/c1-10(2)6(9(14)15)3-5(8(10)13)4-7(11)12/h5-6H,3-4H2,1-2H3,(H,11,12)(H,14,15). The summed E-state index contributed by atoms with van der Waals surface area (Å²) in [6, 6.07) is 0. The smallest absolute Gasteiger partial charge is 0.307 e. The summed E-state index contributed by atoms with van der Waals surface area (Å²) in [5, 5.41) is 17.5. The van der Waals surface area contributed by atoms with Crippen molar-refractivity contribution >= 4 is 17.7 Å². The molecule has 15 heavy (non-hydrogen) atoms. The Hall–Kier alpha value is -1.39. The van der Waals surface area contributed by atoms with Crippen LogP contribution in [0.15, 0.2) is 0 Å². The first kappa shape index (κ1) is 11.7. The molecule has 0 spiro atoms. The maximum Gasteiger partial charge on any atom is 0.307 e. The van der Waals surface area contributed by atoms with Gasteiger partial charge in [0.15, 0.2) is 0 Å². The van der Waals surface area contributed by atoms with Crippen molar-refractivity contribution in [3.05, 3.63) is 0 Å². The van der Waals surface area contributed by atoms with E-state index in [1.54, 1.807) is 13.8 Å². The van der Waals surface area contributed by atoms with E-state index in [9.17, 15) is 14.4 Å². The summed E-state index contributed by atoms with van der Waals surface area (Å²) in [7, 11) is 0. The van der Waals surface area contributed by atoms with Gasteiger partial charge >= 0.3 is 11.9 Å². The third kappa shape index (κ3) is 2.00. The summed E-state index contributed by atoms with van der Waals surface area (Å²) >= 11 is 0. The van der Waals surface area contributed by atoms with Gasteiger partial charge in [-0.15, -0.1) is 0 Å². The lowest BCUT2D eigenvalue weighted by Crippen LogP contribution is -2.31. The second-order valence-corrected chi connectivity index (χ2v) is 4.51. The van der Waals surface area contributed by atoms with Crippen LogP contribution in [0.25, 0.3) is 0 Å². The maximum absolute atomic E-state index is 11.8. The molecule has 2 unspecified atom stereocenters. The summed E-state index contributed by atoms with van der Waals surface area (Å²) in [6.45, 7) is 3.13. The Bertz CT molecular complexity index is 318. The molecule has 0 heterocycles. The van der Waals surface area contributed by atoms with Gasteiger partial charge in [-0.3, -0.25) is 14.4 Å². The molecule has 1 aliphatic carbocycles. The van der Waals surface area contributed by atoms with Crippen molar-refractivity contribution < 1.29 is 24.6 Å². The maximum atomic E-state index is 11.8. The number of rotatable bonds is 3. The highest BCUT2D eigenvalue weighted by Crippen LogP contribution is 2.44. The van der Waals surface area contributed by atoms with Crippen molar-refractivity contribution in [1.82, 2.24) is 0 Å². The number of aliphatic carboxylic acids is 2. The molecule has 1 rings (SSSR count). The highest BCUT2D eigenvalue weighted by atomic mass is 16.4. The molecule has 0 saturated heterocycles. The van der Waals surface area contributed by atoms with E-state index < -0.39 is 29.2 Å². The molecule has 5 nitrogen and oxygen atoms in total. The Morgan fingerprint density at radius 1 is 1.40 bits per heavy atom. The number of carboxylic acids is 2. The van der Waals surface area contributed by atoms with Crippen LogP contribution >= 0.6 is 0 Å². The molecule has 0 aromatic carbocycles. The third-order valence-corrected chi connectivity index (χ3v) is 3.12. The second-order valence-electron chi connectivity index (χ2n) is 4.51. The van der Waals surface area contributed by atoms with Crippen molar-refractivity contribution in [1.29, 1.82) is 0 Å². The van der Waals surface area contributed by atoms with E-state index in [-0.39, 0.29) is 18.6 Å². The second kappa shape index (κ2) is 3.64. The average Bonchev–Trinajstić information content (AvgIpc) is 2.27. The number of ketones is 1. The Kier molecular flexibility index (Phi) is 2.83. The number of hydrogen-bond acceptors (Lipinski definition) is 3. The predicted octanol–water partition coefficient (Wildman–Crippen LogP) is 0.777. The summed E-state index contributed by atoms with van der Waals surface area (Å²) in [5.41, 5.74) is -0.952. The number of carbonyl (C=O) groups is 3. The van der Waals surface area contributed by atoms with Gasteiger partial charge in [-0.05, 0) is 6.42 Å². The zero-order chi connectivity index (χ0) is 11.8. The number of Topliss-reactive ketones (excluding diaryl/α,β-unsaturated/α-hetero) is 1. The van der Waals surface area contributed by atoms with Crippen LogP contribution < -0.4 is 0 Å². The van der Waals surface area contributed by atoms with E-state index in [0.29, 0.717) is 0 Å². The molecule has 5 heteroatoms. The van der Waals surface area contributed by atoms with Crippen LogP contribution in [-0.4, -0.2) is 27.9 Å². The van der Waals surface area contributed by atoms with Crippen LogP contribution in [0.5, 0.6) is 0 Å². The van der Waals surface area contributed by atoms with Crippen molar-refractivity contribution in [2.45, 2.75) is 26.7 Å². The fourth-order valence-electron chi connectivity index (χ4n) is 2.18. The average molecular weight is 214 g/mol. The van der Waals surface area contributed by atoms with Gasteiger partial charge in [-0.1, -0.05) is 13.8 Å². The molecule has 0 aliphatic heterocycles. The summed E-state index contributed by atoms with van der Waals surface area (Å²) in [4.78, 5) is 33.1. The summed E-state index contributed by atoms with van der Waals surface area (Å²) in [6.07, 6.45) is -0.139. The minimum absolute atomic E-state index is 0.132. The lowest BCUT2D eigenvalue weighted by atomic mass is 9.81. The summed E-state index contributed by atoms with van der Waals surface area (Å²) < 4.78 is 0. The molecule has 1 saturated carbocycles. The molecule has 2 atom stereocenters. The van der Waals surface area contributed by atoms with E-state index in [2.05, 4.69) is 0 Å². The van der Waals surface area contributed by atoms with E-state index in [1.165, 1.54) is 0 Å². The van der Waals surface area contributed by atoms with Gasteiger partial charge < -0.3 is 10.2 Å². The minimum Gasteiger partial charge on any atom is -0.481 e. The van der Waals surface area contributed by atoms with Gasteiger partial charge in [0.2, 0.25) is 0 Å². The Morgan fingerprint density at radius 3 is 2.27 bits per heavy atom. The van der Waals surface area contributed by atoms with E-state index in [4.69, 9.17) is 10.2 Å². The summed E-state index contributed by atoms with van der Waals surface area (Å²) in [5.74, 6) is -3.76. The largest absolute Gasteiger partial charge is 0.481 e. The van der Waals surface area contributed by atoms with Crippen molar-refractivity contribution in [2.24, 2.45) is 17.3 Å². The molecule has 1 aliphatic rings. The fraction of sp³-hybridized carbons (Fsp3) is 0.700. The van der Waals surface area contributed by atoms with Gasteiger partial charge in [0.05, 0.1) is 12.3 Å². The molecular formula is C10H14O5. The lowest BCUT2D eigenvalue weighted by Gasteiger charge is -2.21. The first-order valence-electron chi connectivity index (χ1n) is 4.75. The number of carbonyl (C=O) groups excluding carboxylic acids is 1. The van der Waals surface area contributed by atoms with Crippen LogP contribution in [0.2, 0.25) is 0 Å². The zero-order valence-electron chi connectivity index (χ0n) is 8.69. The Labute approximate surface area is 87.1 Å². The molecular weight excluding hydrogens is 200 g/mol. The van der Waals surface area contributed by atoms with E-state index >= 15 is 0 Å². The van der Waals surface area contributed by atoms with Crippen molar-refractivity contribution in [3.63, 3.8) is 0 Å². The van der Waals surface area contributed by atoms with E-state index in [1.807, 2.05) is 0 Å². The Balaban J connectivity index is 2.89. The fourth-order valence-corrected chi connectivity index (χ4v) is 2.18. The topological polar surface area (TPSA) is 91.7 Å². The monoisotopic (exact) mass is 214 g/mol. The quantitative estimate of drug-likeness (QED) is 0.724. The van der Waals surface area contributed by atoms with Gasteiger partial charge in [0.1, 0.15) is 5.78 Å². The van der Waals surface area contributed by atoms with Gasteiger partial charge in [-0.2, -0.15) is 0 Å². The van der Waals surface area contributed by atoms with Crippen molar-refractivity contribution in [3.8, 4) is 0 Å². The SMILES string of the molecule is CC1(C)C(=O)C(CC(=O)O)CC1C(=O)O. The van der Waals surface area contributed by atoms with Crippen LogP contribution in [0.4, 0.5) is 0 Å². The zero-order valence-corrected chi connectivity index (χ0v) is 8.69. The third-order valence-electron chi connectivity index (χ3n) is 3.12. The van der Waals surface area contributed by atoms with Crippen molar-refractivity contribution in [2.75, 3.05) is 0 Å². The van der Waals surface area contributed by atoms with Crippen LogP contribution in [-0.2, 0) is 14.4 Å². The number of hydrogen-bond donors (Lipinski definition) is 2. The Morgan fingerprint density at radius 2 is 1.93 bits per heavy atom. The first-order chi connectivity index (χ1) is 6.76. The minimum atomic E-state index is -1.06. The normalized spacial score (nSPS) is 29.1. The highest BCUT2D eigenvalue weighted by Gasteiger charge is 2.51. The van der Waals surface area contributed by atoms with Crippen LogP contribution in [0, 0.1) is 17.3 Å².